The van der Waals surface area contributed by atoms with Crippen molar-refractivity contribution in [3.63, 3.8) is 0 Å². The van der Waals surface area contributed by atoms with E-state index in [9.17, 15) is 14.7 Å². The van der Waals surface area contributed by atoms with Crippen molar-refractivity contribution >= 4 is 23.6 Å². The SMILES string of the molecule is CCC(C)C(NC(=O)N(C)Cc1cccc(Cl)c1)C(=O)O. The first-order chi connectivity index (χ1) is 9.85. The van der Waals surface area contributed by atoms with Gasteiger partial charge in [0.15, 0.2) is 0 Å². The summed E-state index contributed by atoms with van der Waals surface area (Å²) in [5.41, 5.74) is 0.885. The van der Waals surface area contributed by atoms with Crippen LogP contribution >= 0.6 is 11.6 Å². The maximum Gasteiger partial charge on any atom is 0.326 e. The molecule has 0 aliphatic rings. The first-order valence-corrected chi connectivity index (χ1v) is 7.21. The van der Waals surface area contributed by atoms with Gasteiger partial charge in [-0.15, -0.1) is 0 Å². The van der Waals surface area contributed by atoms with Crippen molar-refractivity contribution in [2.24, 2.45) is 5.92 Å². The Morgan fingerprint density at radius 1 is 1.43 bits per heavy atom. The molecule has 0 bridgehead atoms. The topological polar surface area (TPSA) is 69.6 Å². The Kier molecular flexibility index (Phi) is 6.49. The second-order valence-electron chi connectivity index (χ2n) is 5.14. The lowest BCUT2D eigenvalue weighted by atomic mass is 9.99. The number of hydrogen-bond acceptors (Lipinski definition) is 2. The molecule has 1 rings (SSSR count). The molecule has 0 aliphatic carbocycles. The highest BCUT2D eigenvalue weighted by molar-refractivity contribution is 6.30. The van der Waals surface area contributed by atoms with Crippen LogP contribution in [0.4, 0.5) is 4.79 Å². The lowest BCUT2D eigenvalue weighted by Gasteiger charge is -2.24. The predicted molar refractivity (Wildman–Crippen MR) is 82.3 cm³/mol. The first kappa shape index (κ1) is 17.3. The second kappa shape index (κ2) is 7.88. The van der Waals surface area contributed by atoms with Crippen molar-refractivity contribution in [3.8, 4) is 0 Å². The number of aliphatic carboxylic acids is 1. The molecule has 5 nitrogen and oxygen atoms in total. The fraction of sp³-hybridized carbons (Fsp3) is 0.467. The molecule has 6 heteroatoms. The van der Waals surface area contributed by atoms with Crippen molar-refractivity contribution < 1.29 is 14.7 Å². The smallest absolute Gasteiger partial charge is 0.326 e. The molecule has 0 saturated heterocycles. The number of carboxylic acids is 1. The number of carbonyl (C=O) groups excluding carboxylic acids is 1. The zero-order valence-corrected chi connectivity index (χ0v) is 13.2. The third-order valence-corrected chi connectivity index (χ3v) is 3.65. The molecule has 0 spiro atoms. The van der Waals surface area contributed by atoms with Crippen LogP contribution in [0.3, 0.4) is 0 Å². The van der Waals surface area contributed by atoms with Crippen molar-refractivity contribution in [1.29, 1.82) is 0 Å². The average molecular weight is 313 g/mol. The number of carboxylic acid groups (broad SMARTS) is 1. The Morgan fingerprint density at radius 2 is 2.10 bits per heavy atom. The van der Waals surface area contributed by atoms with E-state index in [0.29, 0.717) is 18.0 Å². The van der Waals surface area contributed by atoms with Crippen LogP contribution in [-0.4, -0.2) is 35.1 Å². The minimum Gasteiger partial charge on any atom is -0.480 e. The molecule has 1 aromatic rings. The minimum atomic E-state index is -1.02. The molecular weight excluding hydrogens is 292 g/mol. The number of hydrogen-bond donors (Lipinski definition) is 2. The number of urea groups is 1. The Bertz CT molecular complexity index is 507. The normalized spacial score (nSPS) is 13.3. The first-order valence-electron chi connectivity index (χ1n) is 6.84. The number of nitrogens with zero attached hydrogens (tertiary/aromatic N) is 1. The van der Waals surface area contributed by atoms with Crippen molar-refractivity contribution in [2.45, 2.75) is 32.9 Å². The van der Waals surface area contributed by atoms with E-state index in [0.717, 1.165) is 5.56 Å². The maximum absolute atomic E-state index is 12.1. The molecule has 2 amide bonds. The Labute approximate surface area is 129 Å². The van der Waals surface area contributed by atoms with E-state index < -0.39 is 18.0 Å². The summed E-state index contributed by atoms with van der Waals surface area (Å²) in [6.07, 6.45) is 0.676. The molecule has 0 radical (unpaired) electrons. The number of carbonyl (C=O) groups is 2. The molecule has 1 aromatic carbocycles. The van der Waals surface area contributed by atoms with Gasteiger partial charge < -0.3 is 15.3 Å². The number of halogens is 1. The van der Waals surface area contributed by atoms with E-state index in [1.807, 2.05) is 19.1 Å². The lowest BCUT2D eigenvalue weighted by molar-refractivity contribution is -0.140. The molecule has 0 fully saturated rings. The van der Waals surface area contributed by atoms with Gasteiger partial charge in [0, 0.05) is 18.6 Å². The molecule has 116 valence electrons. The van der Waals surface area contributed by atoms with E-state index in [4.69, 9.17) is 11.6 Å². The summed E-state index contributed by atoms with van der Waals surface area (Å²) in [6.45, 7) is 4.05. The van der Waals surface area contributed by atoms with Gasteiger partial charge in [-0.1, -0.05) is 44.0 Å². The van der Waals surface area contributed by atoms with Gasteiger partial charge in [-0.05, 0) is 23.6 Å². The zero-order valence-electron chi connectivity index (χ0n) is 12.5. The number of benzene rings is 1. The summed E-state index contributed by atoms with van der Waals surface area (Å²) in [6, 6.07) is 5.90. The zero-order chi connectivity index (χ0) is 16.0. The van der Waals surface area contributed by atoms with E-state index in [1.165, 1.54) is 4.90 Å². The molecule has 2 N–H and O–H groups in total. The molecule has 0 heterocycles. The minimum absolute atomic E-state index is 0.133. The van der Waals surface area contributed by atoms with Gasteiger partial charge >= 0.3 is 12.0 Å². The van der Waals surface area contributed by atoms with Crippen molar-refractivity contribution in [1.82, 2.24) is 10.2 Å². The van der Waals surface area contributed by atoms with E-state index in [2.05, 4.69) is 5.32 Å². The van der Waals surface area contributed by atoms with Crippen LogP contribution in [-0.2, 0) is 11.3 Å². The average Bonchev–Trinajstić information content (AvgIpc) is 2.43. The Hall–Kier alpha value is -1.75. The van der Waals surface area contributed by atoms with Gasteiger partial charge in [-0.2, -0.15) is 0 Å². The molecule has 0 aromatic heterocycles. The summed E-state index contributed by atoms with van der Waals surface area (Å²) in [5, 5.41) is 12.3. The van der Waals surface area contributed by atoms with E-state index in [-0.39, 0.29) is 5.92 Å². The van der Waals surface area contributed by atoms with Crippen LogP contribution in [0.1, 0.15) is 25.8 Å². The largest absolute Gasteiger partial charge is 0.480 e. The number of nitrogens with one attached hydrogen (secondary N) is 1. The molecule has 21 heavy (non-hydrogen) atoms. The fourth-order valence-corrected chi connectivity index (χ4v) is 2.12. The quantitative estimate of drug-likeness (QED) is 0.848. The van der Waals surface area contributed by atoms with Crippen LogP contribution in [0.5, 0.6) is 0 Å². The summed E-state index contributed by atoms with van der Waals surface area (Å²) < 4.78 is 0. The molecule has 0 saturated carbocycles. The Morgan fingerprint density at radius 3 is 2.62 bits per heavy atom. The summed E-state index contributed by atoms with van der Waals surface area (Å²) in [4.78, 5) is 24.7. The summed E-state index contributed by atoms with van der Waals surface area (Å²) in [5.74, 6) is -1.15. The van der Waals surface area contributed by atoms with E-state index in [1.54, 1.807) is 26.1 Å². The highest BCUT2D eigenvalue weighted by atomic mass is 35.5. The van der Waals surface area contributed by atoms with Crippen LogP contribution in [0.25, 0.3) is 0 Å². The molecular formula is C15H21ClN2O3. The van der Waals surface area contributed by atoms with Gasteiger partial charge in [-0.3, -0.25) is 0 Å². The van der Waals surface area contributed by atoms with Crippen LogP contribution in [0, 0.1) is 5.92 Å². The monoisotopic (exact) mass is 312 g/mol. The highest BCUT2D eigenvalue weighted by Gasteiger charge is 2.26. The summed E-state index contributed by atoms with van der Waals surface area (Å²) in [7, 11) is 1.62. The third-order valence-electron chi connectivity index (χ3n) is 3.41. The lowest BCUT2D eigenvalue weighted by Crippen LogP contribution is -2.49. The van der Waals surface area contributed by atoms with Gasteiger partial charge in [0.25, 0.3) is 0 Å². The third kappa shape index (κ3) is 5.27. The van der Waals surface area contributed by atoms with E-state index >= 15 is 0 Å². The van der Waals surface area contributed by atoms with Gasteiger partial charge in [0.05, 0.1) is 0 Å². The summed E-state index contributed by atoms with van der Waals surface area (Å²) >= 11 is 5.90. The van der Waals surface area contributed by atoms with Gasteiger partial charge in [-0.25, -0.2) is 9.59 Å². The van der Waals surface area contributed by atoms with Crippen LogP contribution < -0.4 is 5.32 Å². The second-order valence-corrected chi connectivity index (χ2v) is 5.57. The van der Waals surface area contributed by atoms with Crippen molar-refractivity contribution in [3.05, 3.63) is 34.9 Å². The molecule has 2 atom stereocenters. The van der Waals surface area contributed by atoms with Gasteiger partial charge in [0.1, 0.15) is 6.04 Å². The van der Waals surface area contributed by atoms with Crippen LogP contribution in [0.15, 0.2) is 24.3 Å². The molecule has 2 unspecified atom stereocenters. The maximum atomic E-state index is 12.1. The standard InChI is InChI=1S/C15H21ClN2O3/c1-4-10(2)13(14(19)20)17-15(21)18(3)9-11-6-5-7-12(16)8-11/h5-8,10,13H,4,9H2,1-3H3,(H,17,21)(H,19,20). The van der Waals surface area contributed by atoms with Crippen molar-refractivity contribution in [2.75, 3.05) is 7.05 Å². The molecule has 0 aliphatic heterocycles. The Balaban J connectivity index is 2.67. The highest BCUT2D eigenvalue weighted by Crippen LogP contribution is 2.13. The number of rotatable bonds is 6. The fourth-order valence-electron chi connectivity index (χ4n) is 1.91. The van der Waals surface area contributed by atoms with Crippen LogP contribution in [0.2, 0.25) is 5.02 Å². The number of amides is 2. The predicted octanol–water partition coefficient (Wildman–Crippen LogP) is 2.98. The van der Waals surface area contributed by atoms with Gasteiger partial charge in [0.2, 0.25) is 0 Å².